The Morgan fingerprint density at radius 2 is 1.83 bits per heavy atom. The molecular formula is C15H25N3. The summed E-state index contributed by atoms with van der Waals surface area (Å²) in [6.45, 7) is 11.9. The molecule has 1 saturated heterocycles. The lowest BCUT2D eigenvalue weighted by molar-refractivity contribution is 0.246. The summed E-state index contributed by atoms with van der Waals surface area (Å²) in [4.78, 5) is 4.96. The Bertz CT molecular complexity index is 393. The summed E-state index contributed by atoms with van der Waals surface area (Å²) < 4.78 is 0. The lowest BCUT2D eigenvalue weighted by Crippen LogP contribution is -2.49. The Balaban J connectivity index is 1.97. The summed E-state index contributed by atoms with van der Waals surface area (Å²) in [5.74, 6) is 0. The highest BCUT2D eigenvalue weighted by molar-refractivity contribution is 5.54. The van der Waals surface area contributed by atoms with Crippen molar-refractivity contribution in [3.8, 4) is 0 Å². The van der Waals surface area contributed by atoms with E-state index >= 15 is 0 Å². The first kappa shape index (κ1) is 13.4. The molecule has 0 aromatic heterocycles. The summed E-state index contributed by atoms with van der Waals surface area (Å²) in [5.41, 5.74) is 9.97. The van der Waals surface area contributed by atoms with E-state index in [0.29, 0.717) is 0 Å². The van der Waals surface area contributed by atoms with Crippen molar-refractivity contribution in [3.63, 3.8) is 0 Å². The van der Waals surface area contributed by atoms with Crippen molar-refractivity contribution < 1.29 is 0 Å². The minimum absolute atomic E-state index is 0.276. The second kappa shape index (κ2) is 5.72. The number of hydrogen-bond donors (Lipinski definition) is 1. The Kier molecular flexibility index (Phi) is 4.25. The molecule has 100 valence electrons. The van der Waals surface area contributed by atoms with E-state index in [2.05, 4.69) is 48.8 Å². The molecule has 1 unspecified atom stereocenters. The van der Waals surface area contributed by atoms with Gasteiger partial charge in [0.1, 0.15) is 0 Å². The number of nitrogens with two attached hydrogens (primary N) is 1. The van der Waals surface area contributed by atoms with Crippen LogP contribution >= 0.6 is 0 Å². The van der Waals surface area contributed by atoms with Gasteiger partial charge < -0.3 is 10.6 Å². The number of hydrogen-bond acceptors (Lipinski definition) is 3. The van der Waals surface area contributed by atoms with Gasteiger partial charge in [0.05, 0.1) is 0 Å². The molecule has 2 rings (SSSR count). The van der Waals surface area contributed by atoms with Gasteiger partial charge in [-0.3, -0.25) is 4.90 Å². The Morgan fingerprint density at radius 3 is 2.39 bits per heavy atom. The van der Waals surface area contributed by atoms with Crippen molar-refractivity contribution in [2.45, 2.75) is 26.8 Å². The zero-order valence-electron chi connectivity index (χ0n) is 11.8. The van der Waals surface area contributed by atoms with E-state index in [-0.39, 0.29) is 6.04 Å². The third-order valence-corrected chi connectivity index (χ3v) is 3.61. The first-order valence-corrected chi connectivity index (χ1v) is 6.86. The lowest BCUT2D eigenvalue weighted by atomic mass is 10.1. The SMILES string of the molecule is Cc1ccc(N2CCN(CC(C)N)CC2)c(C)c1. The molecule has 0 saturated carbocycles. The van der Waals surface area contributed by atoms with Gasteiger partial charge in [0.25, 0.3) is 0 Å². The Hall–Kier alpha value is -1.06. The highest BCUT2D eigenvalue weighted by Crippen LogP contribution is 2.22. The van der Waals surface area contributed by atoms with Crippen molar-refractivity contribution in [1.29, 1.82) is 0 Å². The molecule has 1 aromatic carbocycles. The molecule has 2 N–H and O–H groups in total. The van der Waals surface area contributed by atoms with Crippen molar-refractivity contribution in [1.82, 2.24) is 4.90 Å². The summed E-state index contributed by atoms with van der Waals surface area (Å²) in [6, 6.07) is 7.00. The van der Waals surface area contributed by atoms with Crippen LogP contribution in [0.2, 0.25) is 0 Å². The van der Waals surface area contributed by atoms with Gasteiger partial charge in [0.15, 0.2) is 0 Å². The molecule has 0 aliphatic carbocycles. The van der Waals surface area contributed by atoms with Crippen LogP contribution < -0.4 is 10.6 Å². The van der Waals surface area contributed by atoms with Gasteiger partial charge in [-0.05, 0) is 32.4 Å². The van der Waals surface area contributed by atoms with Crippen LogP contribution in [-0.4, -0.2) is 43.7 Å². The maximum absolute atomic E-state index is 5.85. The highest BCUT2D eigenvalue weighted by Gasteiger charge is 2.18. The standard InChI is InChI=1S/C15H25N3/c1-12-4-5-15(13(2)10-12)18-8-6-17(7-9-18)11-14(3)16/h4-5,10,14H,6-9,11,16H2,1-3H3. The molecule has 0 bridgehead atoms. The maximum atomic E-state index is 5.85. The fraction of sp³-hybridized carbons (Fsp3) is 0.600. The molecule has 0 amide bonds. The van der Waals surface area contributed by atoms with E-state index in [1.54, 1.807) is 0 Å². The van der Waals surface area contributed by atoms with Crippen molar-refractivity contribution in [2.24, 2.45) is 5.73 Å². The number of aryl methyl sites for hydroxylation is 2. The van der Waals surface area contributed by atoms with Gasteiger partial charge in [-0.15, -0.1) is 0 Å². The van der Waals surface area contributed by atoms with E-state index in [9.17, 15) is 0 Å². The summed E-state index contributed by atoms with van der Waals surface area (Å²) >= 11 is 0. The van der Waals surface area contributed by atoms with Crippen molar-refractivity contribution >= 4 is 5.69 Å². The average molecular weight is 247 g/mol. The molecule has 18 heavy (non-hydrogen) atoms. The van der Waals surface area contributed by atoms with Crippen LogP contribution in [0.4, 0.5) is 5.69 Å². The van der Waals surface area contributed by atoms with Gasteiger partial charge in [0.2, 0.25) is 0 Å². The normalized spacial score (nSPS) is 19.0. The summed E-state index contributed by atoms with van der Waals surface area (Å²) in [7, 11) is 0. The van der Waals surface area contributed by atoms with Crippen LogP contribution in [0.1, 0.15) is 18.1 Å². The monoisotopic (exact) mass is 247 g/mol. The van der Waals surface area contributed by atoms with Crippen molar-refractivity contribution in [3.05, 3.63) is 29.3 Å². The first-order valence-electron chi connectivity index (χ1n) is 6.86. The average Bonchev–Trinajstić information content (AvgIpc) is 2.30. The van der Waals surface area contributed by atoms with Crippen molar-refractivity contribution in [2.75, 3.05) is 37.6 Å². The van der Waals surface area contributed by atoms with Crippen LogP contribution in [0.25, 0.3) is 0 Å². The highest BCUT2D eigenvalue weighted by atomic mass is 15.3. The summed E-state index contributed by atoms with van der Waals surface area (Å²) in [6.07, 6.45) is 0. The zero-order chi connectivity index (χ0) is 13.1. The van der Waals surface area contributed by atoms with E-state index in [0.717, 1.165) is 32.7 Å². The minimum Gasteiger partial charge on any atom is -0.369 e. The molecule has 1 aromatic rings. The zero-order valence-corrected chi connectivity index (χ0v) is 11.8. The third-order valence-electron chi connectivity index (χ3n) is 3.61. The number of anilines is 1. The van der Waals surface area contributed by atoms with E-state index in [1.165, 1.54) is 16.8 Å². The van der Waals surface area contributed by atoms with E-state index < -0.39 is 0 Å². The predicted octanol–water partition coefficient (Wildman–Crippen LogP) is 1.77. The molecular weight excluding hydrogens is 222 g/mol. The maximum Gasteiger partial charge on any atom is 0.0396 e. The quantitative estimate of drug-likeness (QED) is 0.883. The molecule has 1 heterocycles. The van der Waals surface area contributed by atoms with Crippen LogP contribution in [0.15, 0.2) is 18.2 Å². The molecule has 0 spiro atoms. The third kappa shape index (κ3) is 3.24. The molecule has 1 fully saturated rings. The van der Waals surface area contributed by atoms with Gasteiger partial charge >= 0.3 is 0 Å². The van der Waals surface area contributed by atoms with Crippen LogP contribution in [0, 0.1) is 13.8 Å². The first-order chi connectivity index (χ1) is 8.56. The smallest absolute Gasteiger partial charge is 0.0396 e. The second-order valence-corrected chi connectivity index (χ2v) is 5.55. The van der Waals surface area contributed by atoms with Crippen LogP contribution in [0.5, 0.6) is 0 Å². The summed E-state index contributed by atoms with van der Waals surface area (Å²) in [5, 5.41) is 0. The fourth-order valence-corrected chi connectivity index (χ4v) is 2.74. The number of piperazine rings is 1. The van der Waals surface area contributed by atoms with Gasteiger partial charge in [0, 0.05) is 44.5 Å². The molecule has 1 aliphatic rings. The number of nitrogens with zero attached hydrogens (tertiary/aromatic N) is 2. The fourth-order valence-electron chi connectivity index (χ4n) is 2.74. The second-order valence-electron chi connectivity index (χ2n) is 5.55. The molecule has 3 heteroatoms. The van der Waals surface area contributed by atoms with E-state index in [1.807, 2.05) is 0 Å². The minimum atomic E-state index is 0.276. The molecule has 1 atom stereocenters. The topological polar surface area (TPSA) is 32.5 Å². The van der Waals surface area contributed by atoms with Gasteiger partial charge in [-0.2, -0.15) is 0 Å². The molecule has 3 nitrogen and oxygen atoms in total. The number of benzene rings is 1. The van der Waals surface area contributed by atoms with E-state index in [4.69, 9.17) is 5.73 Å². The number of rotatable bonds is 3. The predicted molar refractivity (Wildman–Crippen MR) is 78.2 cm³/mol. The molecule has 0 radical (unpaired) electrons. The largest absolute Gasteiger partial charge is 0.369 e. The Labute approximate surface area is 111 Å². The lowest BCUT2D eigenvalue weighted by Gasteiger charge is -2.37. The van der Waals surface area contributed by atoms with Crippen LogP contribution in [-0.2, 0) is 0 Å². The van der Waals surface area contributed by atoms with Crippen LogP contribution in [0.3, 0.4) is 0 Å². The van der Waals surface area contributed by atoms with Gasteiger partial charge in [-0.25, -0.2) is 0 Å². The van der Waals surface area contributed by atoms with Gasteiger partial charge in [-0.1, -0.05) is 17.7 Å². The Morgan fingerprint density at radius 1 is 1.17 bits per heavy atom. The molecule has 1 aliphatic heterocycles.